The summed E-state index contributed by atoms with van der Waals surface area (Å²) in [4.78, 5) is 0. The first-order valence-electron chi connectivity index (χ1n) is 6.34. The minimum Gasteiger partial charge on any atom is -0.496 e. The number of benzene rings is 1. The minimum atomic E-state index is 0.840. The zero-order valence-electron chi connectivity index (χ0n) is 10.8. The van der Waals surface area contributed by atoms with Crippen molar-refractivity contribution in [3.63, 3.8) is 0 Å². The standard InChI is InChI=1S/C14H22N2O/c1-11-7-12(3-4-14(11)17-2)5-6-15-8-13-9-16-10-13/h3-4,7,13,15-16H,5-6,8-10H2,1-2H3. The smallest absolute Gasteiger partial charge is 0.121 e. The molecule has 3 heteroatoms. The molecule has 2 rings (SSSR count). The lowest BCUT2D eigenvalue weighted by Crippen LogP contribution is -2.47. The number of hydrogen-bond donors (Lipinski definition) is 2. The van der Waals surface area contributed by atoms with Crippen molar-refractivity contribution in [2.24, 2.45) is 5.92 Å². The summed E-state index contributed by atoms with van der Waals surface area (Å²) < 4.78 is 5.26. The Balaban J connectivity index is 1.72. The van der Waals surface area contributed by atoms with Crippen molar-refractivity contribution in [2.75, 3.05) is 33.3 Å². The van der Waals surface area contributed by atoms with E-state index in [1.165, 1.54) is 24.2 Å². The van der Waals surface area contributed by atoms with Crippen LogP contribution in [-0.2, 0) is 6.42 Å². The van der Waals surface area contributed by atoms with Crippen molar-refractivity contribution in [3.8, 4) is 5.75 Å². The van der Waals surface area contributed by atoms with E-state index in [0.29, 0.717) is 0 Å². The molecule has 0 aliphatic carbocycles. The van der Waals surface area contributed by atoms with Gasteiger partial charge in [-0.25, -0.2) is 0 Å². The molecule has 17 heavy (non-hydrogen) atoms. The van der Waals surface area contributed by atoms with Crippen LogP contribution in [0.5, 0.6) is 5.75 Å². The fourth-order valence-corrected chi connectivity index (χ4v) is 2.13. The zero-order valence-corrected chi connectivity index (χ0v) is 10.8. The largest absolute Gasteiger partial charge is 0.496 e. The Bertz CT molecular complexity index is 361. The molecule has 0 bridgehead atoms. The molecular weight excluding hydrogens is 212 g/mol. The van der Waals surface area contributed by atoms with Gasteiger partial charge in [0, 0.05) is 19.6 Å². The highest BCUT2D eigenvalue weighted by molar-refractivity contribution is 5.36. The van der Waals surface area contributed by atoms with E-state index >= 15 is 0 Å². The molecule has 0 saturated carbocycles. The van der Waals surface area contributed by atoms with Crippen LogP contribution in [0.1, 0.15) is 11.1 Å². The molecule has 0 aromatic heterocycles. The maximum atomic E-state index is 5.26. The van der Waals surface area contributed by atoms with Gasteiger partial charge in [0.2, 0.25) is 0 Å². The lowest BCUT2D eigenvalue weighted by molar-refractivity contribution is 0.333. The highest BCUT2D eigenvalue weighted by atomic mass is 16.5. The molecular formula is C14H22N2O. The first-order valence-corrected chi connectivity index (χ1v) is 6.34. The lowest BCUT2D eigenvalue weighted by atomic mass is 10.0. The van der Waals surface area contributed by atoms with Gasteiger partial charge >= 0.3 is 0 Å². The van der Waals surface area contributed by atoms with E-state index in [0.717, 1.165) is 31.2 Å². The first kappa shape index (κ1) is 12.4. The van der Waals surface area contributed by atoms with Gasteiger partial charge in [-0.2, -0.15) is 0 Å². The topological polar surface area (TPSA) is 33.3 Å². The Hall–Kier alpha value is -1.06. The van der Waals surface area contributed by atoms with Crippen LogP contribution in [0.25, 0.3) is 0 Å². The Morgan fingerprint density at radius 2 is 2.24 bits per heavy atom. The quantitative estimate of drug-likeness (QED) is 0.729. The molecule has 1 saturated heterocycles. The van der Waals surface area contributed by atoms with Crippen LogP contribution >= 0.6 is 0 Å². The molecule has 3 nitrogen and oxygen atoms in total. The van der Waals surface area contributed by atoms with Gasteiger partial charge in [0.05, 0.1) is 7.11 Å². The number of aryl methyl sites for hydroxylation is 1. The molecule has 1 fully saturated rings. The van der Waals surface area contributed by atoms with Crippen LogP contribution in [0.15, 0.2) is 18.2 Å². The average molecular weight is 234 g/mol. The molecule has 1 aliphatic heterocycles. The van der Waals surface area contributed by atoms with Crippen LogP contribution in [-0.4, -0.2) is 33.3 Å². The van der Waals surface area contributed by atoms with Crippen LogP contribution in [0.3, 0.4) is 0 Å². The number of rotatable bonds is 6. The Morgan fingerprint density at radius 3 is 2.82 bits per heavy atom. The van der Waals surface area contributed by atoms with Crippen molar-refractivity contribution >= 4 is 0 Å². The Kier molecular flexibility index (Phi) is 4.40. The van der Waals surface area contributed by atoms with E-state index in [4.69, 9.17) is 4.74 Å². The second-order valence-corrected chi connectivity index (χ2v) is 4.78. The van der Waals surface area contributed by atoms with E-state index in [9.17, 15) is 0 Å². The minimum absolute atomic E-state index is 0.840. The Labute approximate surface area is 104 Å². The average Bonchev–Trinajstić information content (AvgIpc) is 2.26. The summed E-state index contributed by atoms with van der Waals surface area (Å²) in [6, 6.07) is 6.42. The van der Waals surface area contributed by atoms with E-state index in [1.54, 1.807) is 7.11 Å². The molecule has 1 aliphatic rings. The fourth-order valence-electron chi connectivity index (χ4n) is 2.13. The number of nitrogens with one attached hydrogen (secondary N) is 2. The van der Waals surface area contributed by atoms with Gasteiger partial charge in [-0.15, -0.1) is 0 Å². The van der Waals surface area contributed by atoms with Crippen LogP contribution in [0, 0.1) is 12.8 Å². The summed E-state index contributed by atoms with van der Waals surface area (Å²) in [6.45, 7) is 6.64. The predicted molar refractivity (Wildman–Crippen MR) is 70.7 cm³/mol. The molecule has 1 aromatic carbocycles. The highest BCUT2D eigenvalue weighted by Crippen LogP contribution is 2.18. The fraction of sp³-hybridized carbons (Fsp3) is 0.571. The molecule has 0 spiro atoms. The van der Waals surface area contributed by atoms with Gasteiger partial charge < -0.3 is 15.4 Å². The van der Waals surface area contributed by atoms with E-state index < -0.39 is 0 Å². The first-order chi connectivity index (χ1) is 8.29. The third kappa shape index (κ3) is 3.45. The lowest BCUT2D eigenvalue weighted by Gasteiger charge is -2.27. The van der Waals surface area contributed by atoms with Gasteiger partial charge in [0.15, 0.2) is 0 Å². The number of hydrogen-bond acceptors (Lipinski definition) is 3. The third-order valence-corrected chi connectivity index (χ3v) is 3.35. The molecule has 0 atom stereocenters. The summed E-state index contributed by atoms with van der Waals surface area (Å²) in [5, 5.41) is 6.80. The highest BCUT2D eigenvalue weighted by Gasteiger charge is 2.15. The summed E-state index contributed by atoms with van der Waals surface area (Å²) in [6.07, 6.45) is 1.09. The van der Waals surface area contributed by atoms with Crippen LogP contribution < -0.4 is 15.4 Å². The predicted octanol–water partition coefficient (Wildman–Crippen LogP) is 1.36. The summed E-state index contributed by atoms with van der Waals surface area (Å²) >= 11 is 0. The molecule has 1 aromatic rings. The second kappa shape index (κ2) is 6.03. The maximum absolute atomic E-state index is 5.26. The SMILES string of the molecule is COc1ccc(CCNCC2CNC2)cc1C. The normalized spacial score (nSPS) is 15.6. The summed E-state index contributed by atoms with van der Waals surface area (Å²) in [5.74, 6) is 1.81. The molecule has 0 amide bonds. The maximum Gasteiger partial charge on any atom is 0.121 e. The third-order valence-electron chi connectivity index (χ3n) is 3.35. The Morgan fingerprint density at radius 1 is 1.41 bits per heavy atom. The zero-order chi connectivity index (χ0) is 12.1. The molecule has 0 unspecified atom stereocenters. The van der Waals surface area contributed by atoms with Gasteiger partial charge in [0.25, 0.3) is 0 Å². The summed E-state index contributed by atoms with van der Waals surface area (Å²) in [7, 11) is 1.72. The van der Waals surface area contributed by atoms with Crippen molar-refractivity contribution in [3.05, 3.63) is 29.3 Å². The van der Waals surface area contributed by atoms with Crippen molar-refractivity contribution in [1.82, 2.24) is 10.6 Å². The van der Waals surface area contributed by atoms with E-state index in [-0.39, 0.29) is 0 Å². The molecule has 0 radical (unpaired) electrons. The van der Waals surface area contributed by atoms with Gasteiger partial charge in [-0.1, -0.05) is 12.1 Å². The van der Waals surface area contributed by atoms with Crippen molar-refractivity contribution in [1.29, 1.82) is 0 Å². The number of methoxy groups -OCH3 is 1. The van der Waals surface area contributed by atoms with Crippen molar-refractivity contribution in [2.45, 2.75) is 13.3 Å². The monoisotopic (exact) mass is 234 g/mol. The summed E-state index contributed by atoms with van der Waals surface area (Å²) in [5.41, 5.74) is 2.59. The van der Waals surface area contributed by atoms with E-state index in [2.05, 4.69) is 35.8 Å². The molecule has 94 valence electrons. The van der Waals surface area contributed by atoms with Crippen LogP contribution in [0.2, 0.25) is 0 Å². The van der Waals surface area contributed by atoms with Crippen molar-refractivity contribution < 1.29 is 4.74 Å². The van der Waals surface area contributed by atoms with Gasteiger partial charge in [0.1, 0.15) is 5.75 Å². The second-order valence-electron chi connectivity index (χ2n) is 4.78. The molecule has 2 N–H and O–H groups in total. The number of ether oxygens (including phenoxy) is 1. The van der Waals surface area contributed by atoms with Crippen LogP contribution in [0.4, 0.5) is 0 Å². The molecule has 1 heterocycles. The van der Waals surface area contributed by atoms with E-state index in [1.807, 2.05) is 0 Å². The van der Waals surface area contributed by atoms with Gasteiger partial charge in [-0.3, -0.25) is 0 Å². The van der Waals surface area contributed by atoms with Gasteiger partial charge in [-0.05, 0) is 43.0 Å².